The van der Waals surface area contributed by atoms with E-state index in [0.29, 0.717) is 16.6 Å². The van der Waals surface area contributed by atoms with Gasteiger partial charge in [0.1, 0.15) is 11.5 Å². The molecule has 0 aliphatic carbocycles. The van der Waals surface area contributed by atoms with Gasteiger partial charge in [-0.05, 0) is 30.3 Å². The van der Waals surface area contributed by atoms with Gasteiger partial charge in [0.15, 0.2) is 0 Å². The zero-order valence-corrected chi connectivity index (χ0v) is 7.49. The summed E-state index contributed by atoms with van der Waals surface area (Å²) in [5.74, 6) is -0.423. The van der Waals surface area contributed by atoms with Crippen molar-refractivity contribution >= 4 is 16.6 Å². The molecule has 4 heteroatoms. The standard InChI is InChI=1S/C10H7FN2O/c1-6-8(11)5-7-9(12-6)3-2-4-10(7)13-14/h2-5H,1H3. The van der Waals surface area contributed by atoms with Crippen LogP contribution in [0.2, 0.25) is 0 Å². The first-order chi connectivity index (χ1) is 6.72. The molecule has 0 amide bonds. The summed E-state index contributed by atoms with van der Waals surface area (Å²) in [7, 11) is 0. The second kappa shape index (κ2) is 3.14. The third-order valence-electron chi connectivity index (χ3n) is 2.06. The van der Waals surface area contributed by atoms with Gasteiger partial charge in [0.25, 0.3) is 0 Å². The van der Waals surface area contributed by atoms with Crippen LogP contribution >= 0.6 is 0 Å². The van der Waals surface area contributed by atoms with Crippen LogP contribution in [0, 0.1) is 17.6 Å². The minimum absolute atomic E-state index is 0.217. The fraction of sp³-hybridized carbons (Fsp3) is 0.100. The Morgan fingerprint density at radius 1 is 1.43 bits per heavy atom. The first-order valence-electron chi connectivity index (χ1n) is 4.11. The van der Waals surface area contributed by atoms with E-state index in [1.165, 1.54) is 12.1 Å². The van der Waals surface area contributed by atoms with Gasteiger partial charge in [0, 0.05) is 5.39 Å². The predicted octanol–water partition coefficient (Wildman–Crippen LogP) is 3.08. The maximum absolute atomic E-state index is 13.2. The lowest BCUT2D eigenvalue weighted by Crippen LogP contribution is -1.88. The van der Waals surface area contributed by atoms with E-state index in [1.807, 2.05) is 0 Å². The molecule has 0 saturated heterocycles. The number of fused-ring (bicyclic) bond motifs is 1. The van der Waals surface area contributed by atoms with Gasteiger partial charge < -0.3 is 0 Å². The van der Waals surface area contributed by atoms with E-state index >= 15 is 0 Å². The van der Waals surface area contributed by atoms with Crippen molar-refractivity contribution in [3.05, 3.63) is 40.7 Å². The number of hydrogen-bond donors (Lipinski definition) is 0. The third kappa shape index (κ3) is 1.25. The molecule has 0 aliphatic heterocycles. The van der Waals surface area contributed by atoms with Gasteiger partial charge in [-0.25, -0.2) is 9.37 Å². The third-order valence-corrected chi connectivity index (χ3v) is 2.06. The lowest BCUT2D eigenvalue weighted by atomic mass is 10.1. The number of hydrogen-bond acceptors (Lipinski definition) is 3. The minimum Gasteiger partial charge on any atom is -0.250 e. The highest BCUT2D eigenvalue weighted by Gasteiger charge is 2.06. The number of halogens is 1. The highest BCUT2D eigenvalue weighted by atomic mass is 19.1. The second-order valence-corrected chi connectivity index (χ2v) is 2.99. The van der Waals surface area contributed by atoms with E-state index in [1.54, 1.807) is 19.1 Å². The first kappa shape index (κ1) is 8.74. The Kier molecular flexibility index (Phi) is 1.96. The summed E-state index contributed by atoms with van der Waals surface area (Å²) in [5.41, 5.74) is 1.12. The Balaban J connectivity index is 2.88. The maximum atomic E-state index is 13.2. The SMILES string of the molecule is Cc1nc2cccc(N=O)c2cc1F. The molecule has 2 aromatic rings. The van der Waals surface area contributed by atoms with Gasteiger partial charge >= 0.3 is 0 Å². The van der Waals surface area contributed by atoms with E-state index < -0.39 is 5.82 Å². The van der Waals surface area contributed by atoms with Crippen LogP contribution in [0.25, 0.3) is 10.9 Å². The molecule has 1 aromatic heterocycles. The van der Waals surface area contributed by atoms with E-state index in [0.717, 1.165) is 0 Å². The summed E-state index contributed by atoms with van der Waals surface area (Å²) in [4.78, 5) is 14.4. The molecule has 1 aromatic carbocycles. The van der Waals surface area contributed by atoms with E-state index in [4.69, 9.17) is 0 Å². The summed E-state index contributed by atoms with van der Waals surface area (Å²) < 4.78 is 13.2. The van der Waals surface area contributed by atoms with Crippen LogP contribution in [-0.4, -0.2) is 4.98 Å². The highest BCUT2D eigenvalue weighted by molar-refractivity contribution is 5.89. The largest absolute Gasteiger partial charge is 0.250 e. The van der Waals surface area contributed by atoms with Crippen LogP contribution in [0.1, 0.15) is 5.69 Å². The summed E-state index contributed by atoms with van der Waals surface area (Å²) >= 11 is 0. The smallest absolute Gasteiger partial charge is 0.145 e. The van der Waals surface area contributed by atoms with Crippen molar-refractivity contribution in [2.75, 3.05) is 0 Å². The number of aromatic nitrogens is 1. The molecule has 2 rings (SSSR count). The van der Waals surface area contributed by atoms with E-state index in [2.05, 4.69) is 10.2 Å². The van der Waals surface area contributed by atoms with Crippen molar-refractivity contribution in [1.82, 2.24) is 4.98 Å². The summed E-state index contributed by atoms with van der Waals surface area (Å²) in [6, 6.07) is 6.21. The molecule has 0 bridgehead atoms. The quantitative estimate of drug-likeness (QED) is 0.648. The summed E-state index contributed by atoms with van der Waals surface area (Å²) in [6.07, 6.45) is 0. The Morgan fingerprint density at radius 2 is 2.21 bits per heavy atom. The van der Waals surface area contributed by atoms with Crippen molar-refractivity contribution in [3.63, 3.8) is 0 Å². The van der Waals surface area contributed by atoms with Gasteiger partial charge in [0.05, 0.1) is 11.2 Å². The molecule has 0 spiro atoms. The molecule has 70 valence electrons. The van der Waals surface area contributed by atoms with Gasteiger partial charge in [-0.2, -0.15) is 0 Å². The molecule has 0 radical (unpaired) electrons. The average molecular weight is 190 g/mol. The summed E-state index contributed by atoms with van der Waals surface area (Å²) in [6.45, 7) is 1.58. The molecule has 1 heterocycles. The number of benzene rings is 1. The Bertz CT molecular complexity index is 511. The summed E-state index contributed by atoms with van der Waals surface area (Å²) in [5, 5.41) is 3.26. The fourth-order valence-corrected chi connectivity index (χ4v) is 1.33. The molecule has 3 nitrogen and oxygen atoms in total. The van der Waals surface area contributed by atoms with Gasteiger partial charge in [-0.15, -0.1) is 4.91 Å². The van der Waals surface area contributed by atoms with Crippen molar-refractivity contribution in [1.29, 1.82) is 0 Å². The van der Waals surface area contributed by atoms with Crippen LogP contribution in [0.4, 0.5) is 10.1 Å². The number of pyridine rings is 1. The van der Waals surface area contributed by atoms with Crippen LogP contribution in [0.15, 0.2) is 29.4 Å². The van der Waals surface area contributed by atoms with E-state index in [9.17, 15) is 9.30 Å². The van der Waals surface area contributed by atoms with Crippen LogP contribution in [-0.2, 0) is 0 Å². The minimum atomic E-state index is -0.423. The zero-order chi connectivity index (χ0) is 10.1. The van der Waals surface area contributed by atoms with Crippen molar-refractivity contribution < 1.29 is 4.39 Å². The zero-order valence-electron chi connectivity index (χ0n) is 7.49. The lowest BCUT2D eigenvalue weighted by molar-refractivity contribution is 0.613. The predicted molar refractivity (Wildman–Crippen MR) is 51.9 cm³/mol. The van der Waals surface area contributed by atoms with Gasteiger partial charge in [-0.1, -0.05) is 6.07 Å². The molecular formula is C10H7FN2O. The molecule has 14 heavy (non-hydrogen) atoms. The number of aryl methyl sites for hydroxylation is 1. The maximum Gasteiger partial charge on any atom is 0.145 e. The lowest BCUT2D eigenvalue weighted by Gasteiger charge is -2.01. The topological polar surface area (TPSA) is 42.3 Å². The van der Waals surface area contributed by atoms with Gasteiger partial charge in [-0.3, -0.25) is 0 Å². The number of nitroso groups, excluding NO2 is 1. The second-order valence-electron chi connectivity index (χ2n) is 2.99. The first-order valence-corrected chi connectivity index (χ1v) is 4.11. The number of nitrogens with zero attached hydrogens (tertiary/aromatic N) is 2. The molecule has 0 atom stereocenters. The normalized spacial score (nSPS) is 10.4. The molecular weight excluding hydrogens is 183 g/mol. The number of rotatable bonds is 1. The average Bonchev–Trinajstić information content (AvgIpc) is 2.19. The van der Waals surface area contributed by atoms with Crippen molar-refractivity contribution in [2.24, 2.45) is 5.18 Å². The molecule has 0 unspecified atom stereocenters. The Morgan fingerprint density at radius 3 is 2.93 bits per heavy atom. The fourth-order valence-electron chi connectivity index (χ4n) is 1.33. The van der Waals surface area contributed by atoms with E-state index in [-0.39, 0.29) is 5.69 Å². The van der Waals surface area contributed by atoms with Crippen LogP contribution < -0.4 is 0 Å². The van der Waals surface area contributed by atoms with Gasteiger partial charge in [0.2, 0.25) is 0 Å². The molecule has 0 N–H and O–H groups in total. The molecule has 0 saturated carbocycles. The van der Waals surface area contributed by atoms with Crippen LogP contribution in [0.3, 0.4) is 0 Å². The Labute approximate surface area is 79.6 Å². The van der Waals surface area contributed by atoms with Crippen LogP contribution in [0.5, 0.6) is 0 Å². The highest BCUT2D eigenvalue weighted by Crippen LogP contribution is 2.25. The monoisotopic (exact) mass is 190 g/mol. The van der Waals surface area contributed by atoms with Crippen molar-refractivity contribution in [3.8, 4) is 0 Å². The molecule has 0 aliphatic rings. The Hall–Kier alpha value is -1.84. The molecule has 0 fully saturated rings. The van der Waals surface area contributed by atoms with Crippen molar-refractivity contribution in [2.45, 2.75) is 6.92 Å².